The zero-order valence-electron chi connectivity index (χ0n) is 8.36. The van der Waals surface area contributed by atoms with Crippen LogP contribution in [0.4, 0.5) is 0 Å². The Morgan fingerprint density at radius 1 is 1.46 bits per heavy atom. The summed E-state index contributed by atoms with van der Waals surface area (Å²) >= 11 is 0. The van der Waals surface area contributed by atoms with Gasteiger partial charge in [-0.2, -0.15) is 0 Å². The molecule has 72 valence electrons. The van der Waals surface area contributed by atoms with E-state index in [0.717, 1.165) is 19.4 Å². The van der Waals surface area contributed by atoms with Crippen LogP contribution in [-0.4, -0.2) is 29.3 Å². The largest absolute Gasteiger partial charge is 0.300 e. The van der Waals surface area contributed by atoms with Crippen molar-refractivity contribution in [1.29, 1.82) is 0 Å². The van der Waals surface area contributed by atoms with Crippen LogP contribution in [0.2, 0.25) is 0 Å². The fourth-order valence-electron chi connectivity index (χ4n) is 2.44. The molecule has 2 nitrogen and oxygen atoms in total. The van der Waals surface area contributed by atoms with Crippen molar-refractivity contribution in [3.05, 3.63) is 12.2 Å². The number of piperidine rings is 1. The molecule has 0 bridgehead atoms. The molecule has 2 aliphatic rings. The number of ketones is 1. The molecule has 0 aliphatic carbocycles. The first-order valence-corrected chi connectivity index (χ1v) is 5.12. The lowest BCUT2D eigenvalue weighted by Crippen LogP contribution is -2.48. The monoisotopic (exact) mass is 179 g/mol. The average Bonchev–Trinajstić information content (AvgIpc) is 2.49. The summed E-state index contributed by atoms with van der Waals surface area (Å²) in [4.78, 5) is 13.9. The molecule has 0 unspecified atom stereocenters. The molecule has 0 N–H and O–H groups in total. The number of nitrogens with zero attached hydrogens (tertiary/aromatic N) is 1. The molecule has 0 amide bonds. The van der Waals surface area contributed by atoms with Crippen molar-refractivity contribution in [1.82, 2.24) is 4.90 Å². The van der Waals surface area contributed by atoms with Crippen molar-refractivity contribution in [2.24, 2.45) is 5.92 Å². The van der Waals surface area contributed by atoms with Gasteiger partial charge in [-0.3, -0.25) is 9.69 Å². The molecule has 0 saturated carbocycles. The van der Waals surface area contributed by atoms with E-state index in [9.17, 15) is 4.79 Å². The lowest BCUT2D eigenvalue weighted by Gasteiger charge is -2.39. The quantitative estimate of drug-likeness (QED) is 0.570. The lowest BCUT2D eigenvalue weighted by atomic mass is 9.89. The minimum Gasteiger partial charge on any atom is -0.300 e. The SMILES string of the molecule is CC(C)[C@H]1CC(=O)C[C@@H]2C=CCN12. The summed E-state index contributed by atoms with van der Waals surface area (Å²) in [6.45, 7) is 5.46. The second kappa shape index (κ2) is 3.26. The Bertz CT molecular complexity index is 244. The Balaban J connectivity index is 2.14. The van der Waals surface area contributed by atoms with E-state index in [1.165, 1.54) is 0 Å². The van der Waals surface area contributed by atoms with Gasteiger partial charge >= 0.3 is 0 Å². The topological polar surface area (TPSA) is 20.3 Å². The Morgan fingerprint density at radius 3 is 2.92 bits per heavy atom. The zero-order valence-corrected chi connectivity index (χ0v) is 8.36. The maximum atomic E-state index is 11.5. The van der Waals surface area contributed by atoms with Gasteiger partial charge in [-0.1, -0.05) is 26.0 Å². The van der Waals surface area contributed by atoms with Crippen molar-refractivity contribution in [3.8, 4) is 0 Å². The molecule has 2 atom stereocenters. The normalized spacial score (nSPS) is 34.2. The van der Waals surface area contributed by atoms with Crippen LogP contribution < -0.4 is 0 Å². The second-order valence-electron chi connectivity index (χ2n) is 4.45. The van der Waals surface area contributed by atoms with E-state index in [0.29, 0.717) is 23.8 Å². The molecule has 0 aromatic rings. The summed E-state index contributed by atoms with van der Waals surface area (Å²) in [5.41, 5.74) is 0. The van der Waals surface area contributed by atoms with E-state index in [1.807, 2.05) is 0 Å². The number of carbonyl (C=O) groups is 1. The molecule has 0 radical (unpaired) electrons. The van der Waals surface area contributed by atoms with Crippen LogP contribution in [0.3, 0.4) is 0 Å². The smallest absolute Gasteiger partial charge is 0.136 e. The van der Waals surface area contributed by atoms with E-state index < -0.39 is 0 Å². The maximum absolute atomic E-state index is 11.5. The van der Waals surface area contributed by atoms with Crippen LogP contribution in [0.5, 0.6) is 0 Å². The van der Waals surface area contributed by atoms with Crippen LogP contribution >= 0.6 is 0 Å². The number of Topliss-reactive ketones (excluding diaryl/α,β-unsaturated/α-hetero) is 1. The van der Waals surface area contributed by atoms with Crippen molar-refractivity contribution in [2.75, 3.05) is 6.54 Å². The minimum atomic E-state index is 0.411. The van der Waals surface area contributed by atoms with Gasteiger partial charge in [0.15, 0.2) is 0 Å². The van der Waals surface area contributed by atoms with Crippen LogP contribution in [0.15, 0.2) is 12.2 Å². The molecule has 2 heteroatoms. The third-order valence-electron chi connectivity index (χ3n) is 3.17. The van der Waals surface area contributed by atoms with E-state index in [4.69, 9.17) is 0 Å². The van der Waals surface area contributed by atoms with Crippen molar-refractivity contribution >= 4 is 5.78 Å². The van der Waals surface area contributed by atoms with Gasteiger partial charge in [-0.15, -0.1) is 0 Å². The summed E-state index contributed by atoms with van der Waals surface area (Å²) in [5, 5.41) is 0. The highest BCUT2D eigenvalue weighted by atomic mass is 16.1. The van der Waals surface area contributed by atoms with Crippen molar-refractivity contribution in [3.63, 3.8) is 0 Å². The van der Waals surface area contributed by atoms with Crippen LogP contribution in [0, 0.1) is 5.92 Å². The van der Waals surface area contributed by atoms with Gasteiger partial charge in [-0.25, -0.2) is 0 Å². The van der Waals surface area contributed by atoms with E-state index >= 15 is 0 Å². The first-order valence-electron chi connectivity index (χ1n) is 5.12. The third kappa shape index (κ3) is 1.55. The Hall–Kier alpha value is -0.630. The predicted molar refractivity (Wildman–Crippen MR) is 52.5 cm³/mol. The van der Waals surface area contributed by atoms with Crippen molar-refractivity contribution < 1.29 is 4.79 Å². The average molecular weight is 179 g/mol. The fraction of sp³-hybridized carbons (Fsp3) is 0.727. The molecule has 2 rings (SSSR count). The highest BCUT2D eigenvalue weighted by Gasteiger charge is 2.36. The van der Waals surface area contributed by atoms with Gasteiger partial charge in [0.25, 0.3) is 0 Å². The zero-order chi connectivity index (χ0) is 9.42. The Kier molecular flexibility index (Phi) is 2.24. The fourth-order valence-corrected chi connectivity index (χ4v) is 2.44. The van der Waals surface area contributed by atoms with Gasteiger partial charge in [0, 0.05) is 31.5 Å². The highest BCUT2D eigenvalue weighted by molar-refractivity contribution is 5.81. The van der Waals surface area contributed by atoms with Gasteiger partial charge in [0.05, 0.1) is 0 Å². The number of hydrogen-bond donors (Lipinski definition) is 0. The molecular formula is C11H17NO. The number of fused-ring (bicyclic) bond motifs is 1. The van der Waals surface area contributed by atoms with Gasteiger partial charge in [0.1, 0.15) is 5.78 Å². The molecule has 2 aliphatic heterocycles. The maximum Gasteiger partial charge on any atom is 0.136 e. The number of hydrogen-bond acceptors (Lipinski definition) is 2. The molecule has 2 heterocycles. The summed E-state index contributed by atoms with van der Waals surface area (Å²) < 4.78 is 0. The standard InChI is InChI=1S/C11H17NO/c1-8(2)11-7-10(13)6-9-4-3-5-12(9)11/h3-4,8-9,11H,5-7H2,1-2H3/t9-,11+/m0/s1. The molecule has 0 aromatic heterocycles. The van der Waals surface area contributed by atoms with Crippen LogP contribution in [0.25, 0.3) is 0 Å². The van der Waals surface area contributed by atoms with Gasteiger partial charge < -0.3 is 0 Å². The van der Waals surface area contributed by atoms with Crippen LogP contribution in [0.1, 0.15) is 26.7 Å². The molecule has 0 spiro atoms. The Morgan fingerprint density at radius 2 is 2.23 bits per heavy atom. The summed E-state index contributed by atoms with van der Waals surface area (Å²) in [7, 11) is 0. The molecule has 1 saturated heterocycles. The summed E-state index contributed by atoms with van der Waals surface area (Å²) in [6.07, 6.45) is 5.88. The lowest BCUT2D eigenvalue weighted by molar-refractivity contribution is -0.124. The molecule has 0 aromatic carbocycles. The number of carbonyl (C=O) groups excluding carboxylic acids is 1. The third-order valence-corrected chi connectivity index (χ3v) is 3.17. The Labute approximate surface area is 79.6 Å². The molecular weight excluding hydrogens is 162 g/mol. The second-order valence-corrected chi connectivity index (χ2v) is 4.45. The van der Waals surface area contributed by atoms with Crippen molar-refractivity contribution in [2.45, 2.75) is 38.8 Å². The first kappa shape index (κ1) is 8.95. The first-order chi connectivity index (χ1) is 6.18. The van der Waals surface area contributed by atoms with E-state index in [1.54, 1.807) is 0 Å². The predicted octanol–water partition coefficient (Wildman–Crippen LogP) is 1.61. The summed E-state index contributed by atoms with van der Waals surface area (Å²) in [5.74, 6) is 1.03. The minimum absolute atomic E-state index is 0.411. The van der Waals surface area contributed by atoms with E-state index in [2.05, 4.69) is 30.9 Å². The summed E-state index contributed by atoms with van der Waals surface area (Å²) in [6, 6.07) is 0.884. The van der Waals surface area contributed by atoms with Crippen LogP contribution in [-0.2, 0) is 4.79 Å². The van der Waals surface area contributed by atoms with E-state index in [-0.39, 0.29) is 0 Å². The highest BCUT2D eigenvalue weighted by Crippen LogP contribution is 2.28. The van der Waals surface area contributed by atoms with Gasteiger partial charge in [0.2, 0.25) is 0 Å². The number of rotatable bonds is 1. The molecule has 1 fully saturated rings. The molecule has 13 heavy (non-hydrogen) atoms. The van der Waals surface area contributed by atoms with Gasteiger partial charge in [-0.05, 0) is 5.92 Å².